The minimum absolute atomic E-state index is 0.101. The lowest BCUT2D eigenvalue weighted by Gasteiger charge is -1.93. The van der Waals surface area contributed by atoms with Crippen LogP contribution in [0.25, 0.3) is 0 Å². The Bertz CT molecular complexity index is 501. The van der Waals surface area contributed by atoms with Crippen molar-refractivity contribution >= 4 is 52.1 Å². The summed E-state index contributed by atoms with van der Waals surface area (Å²) in [5.41, 5.74) is 5.61. The van der Waals surface area contributed by atoms with Crippen LogP contribution < -0.4 is 5.73 Å². The molecule has 0 aliphatic carbocycles. The zero-order chi connectivity index (χ0) is 13.7. The van der Waals surface area contributed by atoms with Gasteiger partial charge in [-0.1, -0.05) is 34.8 Å². The lowest BCUT2D eigenvalue weighted by atomic mass is 10.3. The molecule has 0 aliphatic rings. The molecule has 2 rings (SSSR count). The molecule has 2 N–H and O–H groups in total. The average molecular weight is 329 g/mol. The summed E-state index contributed by atoms with van der Waals surface area (Å²) in [7, 11) is 0. The number of hydrogen-bond donors (Lipinski definition) is 1. The maximum atomic E-state index is 12.4. The van der Waals surface area contributed by atoms with E-state index >= 15 is 0 Å². The van der Waals surface area contributed by atoms with Crippen LogP contribution in [-0.4, -0.2) is 9.97 Å². The number of benzene rings is 1. The van der Waals surface area contributed by atoms with Crippen molar-refractivity contribution in [2.75, 3.05) is 5.73 Å². The number of rotatable bonds is 0. The maximum absolute atomic E-state index is 12.4. The number of nitrogens with two attached hydrogens (primary N) is 1. The first-order chi connectivity index (χ1) is 8.40. The van der Waals surface area contributed by atoms with Crippen molar-refractivity contribution in [2.45, 2.75) is 0 Å². The number of aromatic nitrogens is 2. The van der Waals surface area contributed by atoms with Gasteiger partial charge >= 0.3 is 0 Å². The highest BCUT2D eigenvalue weighted by Crippen LogP contribution is 2.18. The van der Waals surface area contributed by atoms with E-state index in [9.17, 15) is 4.39 Å². The van der Waals surface area contributed by atoms with Crippen LogP contribution in [-0.2, 0) is 0 Å². The molecule has 0 fully saturated rings. The number of nitrogen functional groups attached to an aromatic ring is 1. The summed E-state index contributed by atoms with van der Waals surface area (Å²) in [6.07, 6.45) is 1.35. The highest BCUT2D eigenvalue weighted by molar-refractivity contribution is 6.41. The van der Waals surface area contributed by atoms with Gasteiger partial charge < -0.3 is 5.73 Å². The smallest absolute Gasteiger partial charge is 0.223 e. The van der Waals surface area contributed by atoms with E-state index in [2.05, 4.69) is 9.97 Å². The van der Waals surface area contributed by atoms with E-state index in [4.69, 9.17) is 52.1 Å². The third kappa shape index (κ3) is 4.82. The van der Waals surface area contributed by atoms with Gasteiger partial charge in [0.15, 0.2) is 5.15 Å². The van der Waals surface area contributed by atoms with Crippen molar-refractivity contribution in [3.8, 4) is 0 Å². The topological polar surface area (TPSA) is 51.8 Å². The zero-order valence-electron chi connectivity index (χ0n) is 8.67. The number of halogens is 5. The van der Waals surface area contributed by atoms with E-state index in [-0.39, 0.29) is 15.5 Å². The summed E-state index contributed by atoms with van der Waals surface area (Å²) >= 11 is 21.6. The molecule has 0 atom stereocenters. The van der Waals surface area contributed by atoms with Gasteiger partial charge in [-0.05, 0) is 29.8 Å². The van der Waals surface area contributed by atoms with Gasteiger partial charge in [-0.3, -0.25) is 0 Å². The minimum atomic E-state index is -0.475. The Balaban J connectivity index is 0.000000180. The fourth-order valence-electron chi connectivity index (χ4n) is 0.839. The summed E-state index contributed by atoms with van der Waals surface area (Å²) in [6, 6.07) is 4.15. The molecule has 1 heterocycles. The SMILES string of the molecule is Clc1ncc(Cl)c(Cl)n1.Nc1ccc(Cl)c(F)c1. The quantitative estimate of drug-likeness (QED) is 0.440. The van der Waals surface area contributed by atoms with Gasteiger partial charge in [-0.15, -0.1) is 0 Å². The highest BCUT2D eigenvalue weighted by Gasteiger charge is 1.98. The Labute approximate surface area is 123 Å². The third-order valence-electron chi connectivity index (χ3n) is 1.62. The zero-order valence-corrected chi connectivity index (χ0v) is 11.7. The van der Waals surface area contributed by atoms with E-state index < -0.39 is 5.82 Å². The Morgan fingerprint density at radius 3 is 2.17 bits per heavy atom. The second kappa shape index (κ2) is 6.95. The van der Waals surface area contributed by atoms with Crippen molar-refractivity contribution in [1.82, 2.24) is 9.97 Å². The first-order valence-electron chi connectivity index (χ1n) is 4.44. The molecule has 2 aromatic rings. The molecule has 3 nitrogen and oxygen atoms in total. The van der Waals surface area contributed by atoms with E-state index in [1.165, 1.54) is 18.3 Å². The Morgan fingerprint density at radius 2 is 1.72 bits per heavy atom. The fraction of sp³-hybridized carbons (Fsp3) is 0. The van der Waals surface area contributed by atoms with E-state index in [1.54, 1.807) is 6.07 Å². The Kier molecular flexibility index (Phi) is 5.88. The van der Waals surface area contributed by atoms with Crippen molar-refractivity contribution < 1.29 is 4.39 Å². The van der Waals surface area contributed by atoms with Crippen LogP contribution in [0.5, 0.6) is 0 Å². The minimum Gasteiger partial charge on any atom is -0.399 e. The molecule has 0 aliphatic heterocycles. The molecular weight excluding hydrogens is 323 g/mol. The number of anilines is 1. The van der Waals surface area contributed by atoms with Crippen LogP contribution in [0, 0.1) is 5.82 Å². The summed E-state index contributed by atoms with van der Waals surface area (Å²) in [5, 5.41) is 0.686. The van der Waals surface area contributed by atoms with Gasteiger partial charge in [0.1, 0.15) is 5.82 Å². The number of hydrogen-bond acceptors (Lipinski definition) is 3. The third-order valence-corrected chi connectivity index (χ3v) is 2.77. The van der Waals surface area contributed by atoms with E-state index in [0.717, 1.165) is 0 Å². The molecule has 96 valence electrons. The average Bonchev–Trinajstić information content (AvgIpc) is 2.30. The second-order valence-corrected chi connectivity index (χ2v) is 4.46. The maximum Gasteiger partial charge on any atom is 0.223 e. The molecule has 0 saturated heterocycles. The Morgan fingerprint density at radius 1 is 1.06 bits per heavy atom. The summed E-state index contributed by atoms with van der Waals surface area (Å²) < 4.78 is 12.4. The molecule has 18 heavy (non-hydrogen) atoms. The normalized spacial score (nSPS) is 9.61. The monoisotopic (exact) mass is 327 g/mol. The van der Waals surface area contributed by atoms with E-state index in [1.807, 2.05) is 0 Å². The molecule has 0 amide bonds. The van der Waals surface area contributed by atoms with Crippen molar-refractivity contribution in [2.24, 2.45) is 0 Å². The largest absolute Gasteiger partial charge is 0.399 e. The molecule has 1 aromatic heterocycles. The van der Waals surface area contributed by atoms with Crippen LogP contribution in [0.1, 0.15) is 0 Å². The van der Waals surface area contributed by atoms with Gasteiger partial charge in [-0.25, -0.2) is 14.4 Å². The Hall–Kier alpha value is -0.810. The van der Waals surface area contributed by atoms with Crippen LogP contribution in [0.4, 0.5) is 10.1 Å². The fourth-order valence-corrected chi connectivity index (χ4v) is 1.35. The van der Waals surface area contributed by atoms with Crippen LogP contribution >= 0.6 is 46.4 Å². The molecule has 0 radical (unpaired) electrons. The van der Waals surface area contributed by atoms with Crippen LogP contribution in [0.2, 0.25) is 20.5 Å². The highest BCUT2D eigenvalue weighted by atomic mass is 35.5. The van der Waals surface area contributed by atoms with Gasteiger partial charge in [-0.2, -0.15) is 0 Å². The second-order valence-electron chi connectivity index (χ2n) is 2.95. The molecule has 8 heteroatoms. The van der Waals surface area contributed by atoms with Crippen molar-refractivity contribution in [3.05, 3.63) is 50.7 Å². The number of nitrogens with zero attached hydrogens (tertiary/aromatic N) is 2. The molecule has 0 unspecified atom stereocenters. The van der Waals surface area contributed by atoms with Crippen molar-refractivity contribution in [3.63, 3.8) is 0 Å². The lowest BCUT2D eigenvalue weighted by Crippen LogP contribution is -1.85. The standard InChI is InChI=1S/C6H5ClFN.C4HCl3N2/c7-5-2-1-4(9)3-6(5)8;5-2-1-8-4(7)9-3(2)6/h1-3H,9H2;1H. The predicted molar refractivity (Wildman–Crippen MR) is 72.9 cm³/mol. The summed E-state index contributed by atoms with van der Waals surface area (Å²) in [5.74, 6) is -0.475. The molecule has 1 aromatic carbocycles. The summed E-state index contributed by atoms with van der Waals surface area (Å²) in [4.78, 5) is 7.14. The molecule has 0 spiro atoms. The lowest BCUT2D eigenvalue weighted by molar-refractivity contribution is 0.629. The molecule has 0 bridgehead atoms. The first-order valence-corrected chi connectivity index (χ1v) is 5.95. The van der Waals surface area contributed by atoms with Crippen LogP contribution in [0.3, 0.4) is 0 Å². The van der Waals surface area contributed by atoms with Crippen molar-refractivity contribution in [1.29, 1.82) is 0 Å². The molecule has 0 saturated carbocycles. The first kappa shape index (κ1) is 15.2. The summed E-state index contributed by atoms with van der Waals surface area (Å²) in [6.45, 7) is 0. The van der Waals surface area contributed by atoms with Crippen LogP contribution in [0.15, 0.2) is 24.4 Å². The molecular formula is C10H6Cl4FN3. The van der Waals surface area contributed by atoms with Gasteiger partial charge in [0.25, 0.3) is 0 Å². The van der Waals surface area contributed by atoms with Gasteiger partial charge in [0, 0.05) is 5.69 Å². The van der Waals surface area contributed by atoms with Gasteiger partial charge in [0.05, 0.1) is 16.2 Å². The van der Waals surface area contributed by atoms with Gasteiger partial charge in [0.2, 0.25) is 5.28 Å². The van der Waals surface area contributed by atoms with E-state index in [0.29, 0.717) is 10.7 Å². The predicted octanol–water partition coefficient (Wildman–Crippen LogP) is 4.50.